The van der Waals surface area contributed by atoms with Crippen LogP contribution in [0.3, 0.4) is 0 Å². The Morgan fingerprint density at radius 2 is 2.00 bits per heavy atom. The topological polar surface area (TPSA) is 26.3 Å². The van der Waals surface area contributed by atoms with Crippen LogP contribution in [0.15, 0.2) is 0 Å². The number of ether oxygens (including phenoxy) is 1. The highest BCUT2D eigenvalue weighted by atomic mass is 16.5. The van der Waals surface area contributed by atoms with E-state index in [1.165, 1.54) is 0 Å². The predicted octanol–water partition coefficient (Wildman–Crippen LogP) is 3.34. The molecule has 0 aromatic rings. The Hall–Kier alpha value is -0.370. The van der Waals surface area contributed by atoms with E-state index < -0.39 is 0 Å². The van der Waals surface area contributed by atoms with Crippen LogP contribution in [0.4, 0.5) is 0 Å². The summed E-state index contributed by atoms with van der Waals surface area (Å²) in [6.45, 7) is 10.2. The first kappa shape index (κ1) is 12.7. The second-order valence-corrected chi connectivity index (χ2v) is 6.25. The van der Waals surface area contributed by atoms with Crippen molar-refractivity contribution in [2.24, 2.45) is 5.41 Å². The highest BCUT2D eigenvalue weighted by molar-refractivity contribution is 5.83. The lowest BCUT2D eigenvalue weighted by atomic mass is 9.87. The summed E-state index contributed by atoms with van der Waals surface area (Å²) in [5.74, 6) is 0.343. The van der Waals surface area contributed by atoms with Crippen molar-refractivity contribution < 1.29 is 9.53 Å². The van der Waals surface area contributed by atoms with Gasteiger partial charge in [-0.15, -0.1) is 0 Å². The third kappa shape index (κ3) is 3.94. The summed E-state index contributed by atoms with van der Waals surface area (Å²) < 4.78 is 5.86. The molecular weight excluding hydrogens is 188 g/mol. The Balaban J connectivity index is 2.31. The molecule has 15 heavy (non-hydrogen) atoms. The standard InChI is InChI=1S/C13H24O2/c1-12(2,3)11(14)7-6-10-8-9-13(4,5)15-10/h10H,6-9H2,1-5H3. The molecule has 0 radical (unpaired) electrons. The molecule has 0 bridgehead atoms. The van der Waals surface area contributed by atoms with Crippen LogP contribution in [0, 0.1) is 5.41 Å². The summed E-state index contributed by atoms with van der Waals surface area (Å²) in [4.78, 5) is 11.7. The van der Waals surface area contributed by atoms with Gasteiger partial charge in [0.15, 0.2) is 0 Å². The van der Waals surface area contributed by atoms with E-state index >= 15 is 0 Å². The van der Waals surface area contributed by atoms with Gasteiger partial charge in [-0.3, -0.25) is 4.79 Å². The van der Waals surface area contributed by atoms with Gasteiger partial charge in [0.1, 0.15) is 5.78 Å². The van der Waals surface area contributed by atoms with Crippen LogP contribution in [-0.4, -0.2) is 17.5 Å². The third-order valence-electron chi connectivity index (χ3n) is 3.08. The molecule has 0 spiro atoms. The largest absolute Gasteiger partial charge is 0.372 e. The average Bonchev–Trinajstić information content (AvgIpc) is 2.39. The highest BCUT2D eigenvalue weighted by Gasteiger charge is 2.32. The number of carbonyl (C=O) groups excluding carboxylic acids is 1. The molecule has 1 heterocycles. The number of carbonyl (C=O) groups is 1. The van der Waals surface area contributed by atoms with Crippen LogP contribution in [-0.2, 0) is 9.53 Å². The van der Waals surface area contributed by atoms with Gasteiger partial charge in [0.2, 0.25) is 0 Å². The van der Waals surface area contributed by atoms with E-state index in [-0.39, 0.29) is 11.0 Å². The molecule has 1 aliphatic rings. The van der Waals surface area contributed by atoms with Crippen LogP contribution >= 0.6 is 0 Å². The quantitative estimate of drug-likeness (QED) is 0.717. The zero-order chi connectivity index (χ0) is 11.7. The molecule has 0 saturated carbocycles. The lowest BCUT2D eigenvalue weighted by Crippen LogP contribution is -2.23. The molecule has 1 atom stereocenters. The lowest BCUT2D eigenvalue weighted by molar-refractivity contribution is -0.127. The molecular formula is C13H24O2. The fourth-order valence-electron chi connectivity index (χ4n) is 1.95. The molecule has 88 valence electrons. The van der Waals surface area contributed by atoms with Gasteiger partial charge >= 0.3 is 0 Å². The molecule has 1 aliphatic heterocycles. The minimum Gasteiger partial charge on any atom is -0.372 e. The molecule has 1 rings (SSSR count). The van der Waals surface area contributed by atoms with Crippen molar-refractivity contribution >= 4 is 5.78 Å². The van der Waals surface area contributed by atoms with Gasteiger partial charge in [-0.1, -0.05) is 20.8 Å². The van der Waals surface area contributed by atoms with E-state index in [0.29, 0.717) is 18.3 Å². The van der Waals surface area contributed by atoms with Crippen molar-refractivity contribution in [3.63, 3.8) is 0 Å². The fraction of sp³-hybridized carbons (Fsp3) is 0.923. The first-order valence-electron chi connectivity index (χ1n) is 5.92. The monoisotopic (exact) mass is 212 g/mol. The van der Waals surface area contributed by atoms with E-state index in [2.05, 4.69) is 13.8 Å². The first-order chi connectivity index (χ1) is 6.71. The maximum absolute atomic E-state index is 11.7. The van der Waals surface area contributed by atoms with E-state index in [0.717, 1.165) is 19.3 Å². The van der Waals surface area contributed by atoms with Crippen molar-refractivity contribution in [1.82, 2.24) is 0 Å². The summed E-state index contributed by atoms with van der Waals surface area (Å²) in [5.41, 5.74) is -0.177. The number of ketones is 1. The Morgan fingerprint density at radius 1 is 1.40 bits per heavy atom. The molecule has 2 nitrogen and oxygen atoms in total. The van der Waals surface area contributed by atoms with Gasteiger partial charge < -0.3 is 4.74 Å². The maximum Gasteiger partial charge on any atom is 0.138 e. The average molecular weight is 212 g/mol. The maximum atomic E-state index is 11.7. The molecule has 0 aromatic carbocycles. The molecule has 1 unspecified atom stereocenters. The van der Waals surface area contributed by atoms with Crippen LogP contribution in [0.1, 0.15) is 60.3 Å². The van der Waals surface area contributed by atoms with Gasteiger partial charge in [-0.2, -0.15) is 0 Å². The Labute approximate surface area is 93.4 Å². The zero-order valence-electron chi connectivity index (χ0n) is 10.7. The second-order valence-electron chi connectivity index (χ2n) is 6.25. The second kappa shape index (κ2) is 4.25. The first-order valence-corrected chi connectivity index (χ1v) is 5.92. The van der Waals surface area contributed by atoms with E-state index in [1.807, 2.05) is 20.8 Å². The summed E-state index contributed by atoms with van der Waals surface area (Å²) in [5, 5.41) is 0. The van der Waals surface area contributed by atoms with Crippen molar-refractivity contribution in [2.75, 3.05) is 0 Å². The third-order valence-corrected chi connectivity index (χ3v) is 3.08. The number of hydrogen-bond acceptors (Lipinski definition) is 2. The predicted molar refractivity (Wildman–Crippen MR) is 61.9 cm³/mol. The smallest absolute Gasteiger partial charge is 0.138 e. The van der Waals surface area contributed by atoms with Gasteiger partial charge in [0, 0.05) is 11.8 Å². The molecule has 0 amide bonds. The molecule has 0 N–H and O–H groups in total. The van der Waals surface area contributed by atoms with Crippen molar-refractivity contribution in [1.29, 1.82) is 0 Å². The van der Waals surface area contributed by atoms with Crippen LogP contribution in [0.5, 0.6) is 0 Å². The molecule has 0 aliphatic carbocycles. The van der Waals surface area contributed by atoms with Gasteiger partial charge in [0.05, 0.1) is 11.7 Å². The van der Waals surface area contributed by atoms with Crippen LogP contribution in [0.25, 0.3) is 0 Å². The van der Waals surface area contributed by atoms with Gasteiger partial charge in [-0.25, -0.2) is 0 Å². The Bertz CT molecular complexity index is 235. The number of Topliss-reactive ketones (excluding diaryl/α,β-unsaturated/α-hetero) is 1. The van der Waals surface area contributed by atoms with Crippen LogP contribution < -0.4 is 0 Å². The van der Waals surface area contributed by atoms with Crippen molar-refractivity contribution in [2.45, 2.75) is 72.0 Å². The highest BCUT2D eigenvalue weighted by Crippen LogP contribution is 2.32. The molecule has 1 fully saturated rings. The fourth-order valence-corrected chi connectivity index (χ4v) is 1.95. The summed E-state index contributed by atoms with van der Waals surface area (Å²) in [6.07, 6.45) is 4.06. The summed E-state index contributed by atoms with van der Waals surface area (Å²) in [7, 11) is 0. The minimum absolute atomic E-state index is 0.0233. The molecule has 0 aromatic heterocycles. The zero-order valence-corrected chi connectivity index (χ0v) is 10.7. The van der Waals surface area contributed by atoms with Gasteiger partial charge in [0.25, 0.3) is 0 Å². The van der Waals surface area contributed by atoms with Crippen molar-refractivity contribution in [3.8, 4) is 0 Å². The number of rotatable bonds is 3. The minimum atomic E-state index is -0.200. The summed E-state index contributed by atoms with van der Waals surface area (Å²) in [6, 6.07) is 0. The molecule has 1 saturated heterocycles. The van der Waals surface area contributed by atoms with E-state index in [4.69, 9.17) is 4.74 Å². The molecule has 2 heteroatoms. The van der Waals surface area contributed by atoms with Crippen molar-refractivity contribution in [3.05, 3.63) is 0 Å². The Kier molecular flexibility index (Phi) is 3.59. The summed E-state index contributed by atoms with van der Waals surface area (Å²) >= 11 is 0. The normalized spacial score (nSPS) is 25.5. The van der Waals surface area contributed by atoms with E-state index in [1.54, 1.807) is 0 Å². The van der Waals surface area contributed by atoms with E-state index in [9.17, 15) is 4.79 Å². The van der Waals surface area contributed by atoms with Crippen LogP contribution in [0.2, 0.25) is 0 Å². The lowest BCUT2D eigenvalue weighted by Gasteiger charge is -2.21. The Morgan fingerprint density at radius 3 is 2.40 bits per heavy atom. The van der Waals surface area contributed by atoms with Gasteiger partial charge in [-0.05, 0) is 33.1 Å². The SMILES string of the molecule is CC1(C)CCC(CCC(=O)C(C)(C)C)O1. The number of hydrogen-bond donors (Lipinski definition) is 0.